The van der Waals surface area contributed by atoms with Crippen molar-refractivity contribution < 1.29 is 4.79 Å². The highest BCUT2D eigenvalue weighted by atomic mass is 16.1. The topological polar surface area (TPSA) is 33.5 Å². The second-order valence-corrected chi connectivity index (χ2v) is 3.13. The Hall–Kier alpha value is -1.82. The summed E-state index contributed by atoms with van der Waals surface area (Å²) in [5.74, 6) is -0.252. The van der Waals surface area contributed by atoms with Crippen LogP contribution in [0.1, 0.15) is 11.1 Å². The van der Waals surface area contributed by atoms with Gasteiger partial charge in [-0.15, -0.1) is 0 Å². The van der Waals surface area contributed by atoms with Crippen LogP contribution in [0.25, 0.3) is 4.85 Å². The summed E-state index contributed by atoms with van der Waals surface area (Å²) in [7, 11) is 0. The first-order valence-corrected chi connectivity index (χ1v) is 4.34. The van der Waals surface area contributed by atoms with Crippen LogP contribution in [0.15, 0.2) is 18.2 Å². The number of hydrogen-bond donors (Lipinski definition) is 1. The quantitative estimate of drug-likeness (QED) is 0.709. The molecule has 1 N–H and O–H groups in total. The van der Waals surface area contributed by atoms with Crippen molar-refractivity contribution in [3.8, 4) is 0 Å². The third-order valence-electron chi connectivity index (χ3n) is 1.97. The van der Waals surface area contributed by atoms with E-state index in [-0.39, 0.29) is 12.5 Å². The Bertz CT molecular complexity index is 371. The Morgan fingerprint density at radius 1 is 1.43 bits per heavy atom. The van der Waals surface area contributed by atoms with Crippen LogP contribution in [0.4, 0.5) is 5.69 Å². The molecule has 0 aliphatic carbocycles. The normalized spacial score (nSPS) is 9.21. The van der Waals surface area contributed by atoms with Crippen LogP contribution in [-0.4, -0.2) is 12.5 Å². The number of aryl methyl sites for hydroxylation is 2. The molecule has 1 aromatic carbocycles. The molecule has 3 nitrogen and oxygen atoms in total. The number of anilines is 1. The van der Waals surface area contributed by atoms with E-state index in [4.69, 9.17) is 6.57 Å². The zero-order valence-electron chi connectivity index (χ0n) is 8.29. The van der Waals surface area contributed by atoms with Crippen LogP contribution in [0.2, 0.25) is 0 Å². The summed E-state index contributed by atoms with van der Waals surface area (Å²) in [5, 5.41) is 2.73. The molecule has 0 fully saturated rings. The standard InChI is InChI=1S/C11H12N2O/c1-8-5-4-6-9(2)11(8)13-10(14)7-12-3/h4-6H,7H2,1-2H3,(H,13,14). The van der Waals surface area contributed by atoms with Crippen LogP contribution >= 0.6 is 0 Å². The Morgan fingerprint density at radius 3 is 2.50 bits per heavy atom. The van der Waals surface area contributed by atoms with E-state index in [9.17, 15) is 4.79 Å². The lowest BCUT2D eigenvalue weighted by Crippen LogP contribution is -2.15. The molecule has 0 saturated carbocycles. The zero-order valence-corrected chi connectivity index (χ0v) is 8.29. The number of para-hydroxylation sites is 1. The number of carbonyl (C=O) groups excluding carboxylic acids is 1. The van der Waals surface area contributed by atoms with Gasteiger partial charge in [-0.1, -0.05) is 18.2 Å². The molecular formula is C11H12N2O. The van der Waals surface area contributed by atoms with Crippen molar-refractivity contribution in [1.29, 1.82) is 0 Å². The minimum absolute atomic E-state index is 0.117. The summed E-state index contributed by atoms with van der Waals surface area (Å²) >= 11 is 0. The van der Waals surface area contributed by atoms with Crippen LogP contribution in [-0.2, 0) is 4.79 Å². The van der Waals surface area contributed by atoms with E-state index in [1.165, 1.54) is 0 Å². The largest absolute Gasteiger partial charge is 0.319 e. The minimum Gasteiger partial charge on any atom is -0.319 e. The predicted octanol–water partition coefficient (Wildman–Crippen LogP) is 2.16. The summed E-state index contributed by atoms with van der Waals surface area (Å²) in [6.45, 7) is 10.3. The number of rotatable bonds is 2. The SMILES string of the molecule is [C-]#[N+]CC(=O)Nc1c(C)cccc1C. The molecule has 0 radical (unpaired) electrons. The summed E-state index contributed by atoms with van der Waals surface area (Å²) in [6, 6.07) is 5.80. The molecule has 1 aromatic rings. The first-order valence-electron chi connectivity index (χ1n) is 4.34. The van der Waals surface area contributed by atoms with Crippen molar-refractivity contribution in [3.05, 3.63) is 40.7 Å². The Labute approximate surface area is 83.6 Å². The fourth-order valence-electron chi connectivity index (χ4n) is 1.26. The van der Waals surface area contributed by atoms with Crippen LogP contribution in [0, 0.1) is 20.4 Å². The number of benzene rings is 1. The maximum absolute atomic E-state index is 11.2. The lowest BCUT2D eigenvalue weighted by Gasteiger charge is -2.08. The maximum Gasteiger partial charge on any atom is 0.304 e. The van der Waals surface area contributed by atoms with Gasteiger partial charge in [0.05, 0.1) is 0 Å². The molecule has 0 aromatic heterocycles. The Morgan fingerprint density at radius 2 is 2.00 bits per heavy atom. The number of amides is 1. The second kappa shape index (κ2) is 4.43. The van der Waals surface area contributed by atoms with Crippen molar-refractivity contribution in [1.82, 2.24) is 0 Å². The van der Waals surface area contributed by atoms with Crippen molar-refractivity contribution in [3.63, 3.8) is 0 Å². The van der Waals surface area contributed by atoms with Gasteiger partial charge in [0.25, 0.3) is 6.54 Å². The van der Waals surface area contributed by atoms with Crippen molar-refractivity contribution in [2.45, 2.75) is 13.8 Å². The van der Waals surface area contributed by atoms with Crippen LogP contribution in [0.3, 0.4) is 0 Å². The molecule has 72 valence electrons. The van der Waals surface area contributed by atoms with E-state index in [1.807, 2.05) is 32.0 Å². The van der Waals surface area contributed by atoms with E-state index >= 15 is 0 Å². The first-order chi connectivity index (χ1) is 6.65. The average Bonchev–Trinajstić information content (AvgIpc) is 2.12. The number of carbonyl (C=O) groups is 1. The second-order valence-electron chi connectivity index (χ2n) is 3.13. The Kier molecular flexibility index (Phi) is 3.24. The highest BCUT2D eigenvalue weighted by Gasteiger charge is 2.07. The third-order valence-corrected chi connectivity index (χ3v) is 1.97. The molecule has 0 aliphatic rings. The molecule has 0 atom stereocenters. The van der Waals surface area contributed by atoms with Gasteiger partial charge in [-0.2, -0.15) is 0 Å². The highest BCUT2D eigenvalue weighted by molar-refractivity contribution is 5.94. The van der Waals surface area contributed by atoms with Gasteiger partial charge in [-0.3, -0.25) is 4.79 Å². The van der Waals surface area contributed by atoms with Gasteiger partial charge in [0.15, 0.2) is 0 Å². The average molecular weight is 188 g/mol. The van der Waals surface area contributed by atoms with E-state index in [2.05, 4.69) is 10.2 Å². The van der Waals surface area contributed by atoms with E-state index in [0.717, 1.165) is 16.8 Å². The number of nitrogens with zero attached hydrogens (tertiary/aromatic N) is 1. The summed E-state index contributed by atoms with van der Waals surface area (Å²) in [4.78, 5) is 14.2. The van der Waals surface area contributed by atoms with Crippen LogP contribution < -0.4 is 5.32 Å². The molecule has 0 aliphatic heterocycles. The van der Waals surface area contributed by atoms with E-state index in [1.54, 1.807) is 0 Å². The number of nitrogens with one attached hydrogen (secondary N) is 1. The van der Waals surface area contributed by atoms with Crippen molar-refractivity contribution in [2.24, 2.45) is 0 Å². The summed E-state index contributed by atoms with van der Waals surface area (Å²) in [6.07, 6.45) is 0. The molecule has 0 saturated heterocycles. The lowest BCUT2D eigenvalue weighted by atomic mass is 10.1. The molecule has 3 heteroatoms. The molecule has 0 heterocycles. The van der Waals surface area contributed by atoms with Crippen molar-refractivity contribution in [2.75, 3.05) is 11.9 Å². The smallest absolute Gasteiger partial charge is 0.304 e. The monoisotopic (exact) mass is 188 g/mol. The predicted molar refractivity (Wildman–Crippen MR) is 56.0 cm³/mol. The molecule has 0 bridgehead atoms. The van der Waals surface area contributed by atoms with E-state index < -0.39 is 0 Å². The molecule has 1 rings (SSSR count). The molecule has 0 spiro atoms. The Balaban J connectivity index is 2.87. The summed E-state index contributed by atoms with van der Waals surface area (Å²) < 4.78 is 0. The highest BCUT2D eigenvalue weighted by Crippen LogP contribution is 2.18. The van der Waals surface area contributed by atoms with Gasteiger partial charge >= 0.3 is 5.91 Å². The van der Waals surface area contributed by atoms with Gasteiger partial charge in [-0.25, -0.2) is 6.57 Å². The molecular weight excluding hydrogens is 176 g/mol. The van der Waals surface area contributed by atoms with Gasteiger partial charge < -0.3 is 10.2 Å². The summed E-state index contributed by atoms with van der Waals surface area (Å²) in [5.41, 5.74) is 2.85. The minimum atomic E-state index is -0.252. The van der Waals surface area contributed by atoms with E-state index in [0.29, 0.717) is 0 Å². The lowest BCUT2D eigenvalue weighted by molar-refractivity contribution is -0.114. The number of hydrogen-bond acceptors (Lipinski definition) is 1. The van der Waals surface area contributed by atoms with Crippen molar-refractivity contribution >= 4 is 11.6 Å². The van der Waals surface area contributed by atoms with Crippen LogP contribution in [0.5, 0.6) is 0 Å². The molecule has 0 unspecified atom stereocenters. The van der Waals surface area contributed by atoms with Gasteiger partial charge in [0, 0.05) is 5.69 Å². The first kappa shape index (κ1) is 10.3. The molecule has 14 heavy (non-hydrogen) atoms. The van der Waals surface area contributed by atoms with Gasteiger partial charge in [0.1, 0.15) is 0 Å². The maximum atomic E-state index is 11.2. The fourth-order valence-corrected chi connectivity index (χ4v) is 1.26. The zero-order chi connectivity index (χ0) is 10.6. The molecule has 1 amide bonds. The fraction of sp³-hybridized carbons (Fsp3) is 0.273. The van der Waals surface area contributed by atoms with Gasteiger partial charge in [-0.05, 0) is 25.0 Å². The van der Waals surface area contributed by atoms with Gasteiger partial charge in [0.2, 0.25) is 0 Å². The third kappa shape index (κ3) is 2.33.